The number of ether oxygens (including phenoxy) is 1. The van der Waals surface area contributed by atoms with E-state index in [0.29, 0.717) is 17.1 Å². The molecule has 0 aliphatic carbocycles. The van der Waals surface area contributed by atoms with E-state index < -0.39 is 17.4 Å². The molecule has 23 heavy (non-hydrogen) atoms. The zero-order valence-corrected chi connectivity index (χ0v) is 13.1. The number of carbonyl (C=O) groups excluding carboxylic acids is 2. The minimum absolute atomic E-state index is 0.478. The molecule has 1 unspecified atom stereocenters. The highest BCUT2D eigenvalue weighted by atomic mass is 16.5. The van der Waals surface area contributed by atoms with E-state index in [1.807, 2.05) is 24.3 Å². The highest BCUT2D eigenvalue weighted by molar-refractivity contribution is 6.18. The highest BCUT2D eigenvalue weighted by Gasteiger charge is 2.47. The van der Waals surface area contributed by atoms with Gasteiger partial charge in [0.2, 0.25) is 0 Å². The first-order chi connectivity index (χ1) is 11.0. The standard InChI is InChI=1S/C18H18N2O3/c1-3-12-8-10-13(11-9-12)19-16(21)18(2)17(22)20-14-6-4-5-7-15(14)23-18/h4-11H,3H2,1-2H3,(H,19,21)(H,20,22). The van der Waals surface area contributed by atoms with Gasteiger partial charge >= 0.3 is 0 Å². The molecule has 1 atom stereocenters. The summed E-state index contributed by atoms with van der Waals surface area (Å²) in [6.07, 6.45) is 0.925. The maximum atomic E-state index is 12.6. The largest absolute Gasteiger partial charge is 0.466 e. The number of hydrogen-bond donors (Lipinski definition) is 2. The van der Waals surface area contributed by atoms with Gasteiger partial charge in [0.15, 0.2) is 0 Å². The normalized spacial score (nSPS) is 19.3. The van der Waals surface area contributed by atoms with Crippen molar-refractivity contribution in [2.75, 3.05) is 10.6 Å². The number of amides is 2. The molecule has 118 valence electrons. The number of rotatable bonds is 3. The van der Waals surface area contributed by atoms with Gasteiger partial charge < -0.3 is 15.4 Å². The first-order valence-electron chi connectivity index (χ1n) is 7.53. The van der Waals surface area contributed by atoms with Crippen molar-refractivity contribution in [1.29, 1.82) is 0 Å². The van der Waals surface area contributed by atoms with Crippen molar-refractivity contribution in [2.24, 2.45) is 0 Å². The van der Waals surface area contributed by atoms with Crippen molar-refractivity contribution >= 4 is 23.2 Å². The lowest BCUT2D eigenvalue weighted by atomic mass is 10.0. The lowest BCUT2D eigenvalue weighted by Gasteiger charge is -2.33. The van der Waals surface area contributed by atoms with Crippen molar-refractivity contribution in [2.45, 2.75) is 25.9 Å². The number of aryl methyl sites for hydroxylation is 1. The van der Waals surface area contributed by atoms with Crippen LogP contribution in [0.2, 0.25) is 0 Å². The van der Waals surface area contributed by atoms with Gasteiger partial charge in [0.25, 0.3) is 17.4 Å². The molecule has 0 radical (unpaired) electrons. The Kier molecular flexibility index (Phi) is 3.78. The van der Waals surface area contributed by atoms with Crippen LogP contribution in [0.3, 0.4) is 0 Å². The van der Waals surface area contributed by atoms with E-state index in [9.17, 15) is 9.59 Å². The zero-order valence-electron chi connectivity index (χ0n) is 13.1. The molecule has 0 spiro atoms. The van der Waals surface area contributed by atoms with Gasteiger partial charge in [-0.3, -0.25) is 9.59 Å². The molecule has 1 aliphatic heterocycles. The molecule has 0 fully saturated rings. The fourth-order valence-electron chi connectivity index (χ4n) is 2.39. The molecule has 0 saturated heterocycles. The van der Waals surface area contributed by atoms with E-state index in [-0.39, 0.29) is 0 Å². The first kappa shape index (κ1) is 15.1. The average Bonchev–Trinajstić information content (AvgIpc) is 2.56. The molecule has 2 aromatic carbocycles. The second kappa shape index (κ2) is 5.76. The summed E-state index contributed by atoms with van der Waals surface area (Å²) in [6, 6.07) is 14.5. The maximum absolute atomic E-state index is 12.6. The van der Waals surface area contributed by atoms with E-state index in [1.54, 1.807) is 24.3 Å². The van der Waals surface area contributed by atoms with Gasteiger partial charge in [0.05, 0.1) is 5.69 Å². The van der Waals surface area contributed by atoms with Gasteiger partial charge in [-0.25, -0.2) is 0 Å². The molecular weight excluding hydrogens is 292 g/mol. The van der Waals surface area contributed by atoms with Crippen molar-refractivity contribution in [1.82, 2.24) is 0 Å². The predicted molar refractivity (Wildman–Crippen MR) is 88.6 cm³/mol. The van der Waals surface area contributed by atoms with Crippen LogP contribution in [0.5, 0.6) is 5.75 Å². The summed E-state index contributed by atoms with van der Waals surface area (Å²) in [5.74, 6) is -0.515. The average molecular weight is 310 g/mol. The summed E-state index contributed by atoms with van der Waals surface area (Å²) < 4.78 is 5.69. The summed E-state index contributed by atoms with van der Waals surface area (Å²) in [4.78, 5) is 24.9. The van der Waals surface area contributed by atoms with E-state index in [1.165, 1.54) is 12.5 Å². The maximum Gasteiger partial charge on any atom is 0.278 e. The number of anilines is 2. The van der Waals surface area contributed by atoms with Crippen LogP contribution in [0.15, 0.2) is 48.5 Å². The second-order valence-corrected chi connectivity index (χ2v) is 5.59. The molecular formula is C18H18N2O3. The Morgan fingerprint density at radius 3 is 2.57 bits per heavy atom. The van der Waals surface area contributed by atoms with Crippen LogP contribution in [0.4, 0.5) is 11.4 Å². The number of fused-ring (bicyclic) bond motifs is 1. The SMILES string of the molecule is CCc1ccc(NC(=O)C2(C)Oc3ccccc3NC2=O)cc1. The Morgan fingerprint density at radius 1 is 1.17 bits per heavy atom. The van der Waals surface area contributed by atoms with Crippen molar-refractivity contribution in [3.05, 3.63) is 54.1 Å². The Bertz CT molecular complexity index is 755. The van der Waals surface area contributed by atoms with Gasteiger partial charge in [-0.15, -0.1) is 0 Å². The van der Waals surface area contributed by atoms with E-state index in [2.05, 4.69) is 17.6 Å². The topological polar surface area (TPSA) is 67.4 Å². The fourth-order valence-corrected chi connectivity index (χ4v) is 2.39. The van der Waals surface area contributed by atoms with Gasteiger partial charge in [0.1, 0.15) is 5.75 Å². The molecule has 5 heteroatoms. The van der Waals surface area contributed by atoms with Gasteiger partial charge in [-0.05, 0) is 43.2 Å². The number of para-hydroxylation sites is 2. The van der Waals surface area contributed by atoms with Crippen LogP contribution in [0, 0.1) is 0 Å². The summed E-state index contributed by atoms with van der Waals surface area (Å²) >= 11 is 0. The van der Waals surface area contributed by atoms with Crippen molar-refractivity contribution < 1.29 is 14.3 Å². The van der Waals surface area contributed by atoms with Crippen LogP contribution in [0.1, 0.15) is 19.4 Å². The van der Waals surface area contributed by atoms with E-state index in [0.717, 1.165) is 6.42 Å². The first-order valence-corrected chi connectivity index (χ1v) is 7.53. The van der Waals surface area contributed by atoms with Crippen LogP contribution >= 0.6 is 0 Å². The van der Waals surface area contributed by atoms with Gasteiger partial charge in [-0.1, -0.05) is 31.2 Å². The third kappa shape index (κ3) is 2.77. The van der Waals surface area contributed by atoms with Crippen LogP contribution in [0.25, 0.3) is 0 Å². The van der Waals surface area contributed by atoms with Crippen molar-refractivity contribution in [3.63, 3.8) is 0 Å². The molecule has 5 nitrogen and oxygen atoms in total. The lowest BCUT2D eigenvalue weighted by molar-refractivity contribution is -0.143. The summed E-state index contributed by atoms with van der Waals surface area (Å²) in [6.45, 7) is 3.53. The number of hydrogen-bond acceptors (Lipinski definition) is 3. The summed E-state index contributed by atoms with van der Waals surface area (Å²) in [5.41, 5.74) is 0.756. The Hall–Kier alpha value is -2.82. The fraction of sp³-hybridized carbons (Fsp3) is 0.222. The monoisotopic (exact) mass is 310 g/mol. The van der Waals surface area contributed by atoms with Crippen LogP contribution in [-0.2, 0) is 16.0 Å². The molecule has 1 aliphatic rings. The molecule has 0 bridgehead atoms. The summed E-state index contributed by atoms with van der Waals surface area (Å²) in [7, 11) is 0. The second-order valence-electron chi connectivity index (χ2n) is 5.59. The highest BCUT2D eigenvalue weighted by Crippen LogP contribution is 2.33. The molecule has 3 rings (SSSR count). The van der Waals surface area contributed by atoms with Crippen molar-refractivity contribution in [3.8, 4) is 5.75 Å². The molecule has 0 aromatic heterocycles. The minimum atomic E-state index is -1.61. The van der Waals surface area contributed by atoms with E-state index in [4.69, 9.17) is 4.74 Å². The third-order valence-corrected chi connectivity index (χ3v) is 3.94. The molecule has 2 amide bonds. The third-order valence-electron chi connectivity index (χ3n) is 3.94. The van der Waals surface area contributed by atoms with Crippen LogP contribution in [-0.4, -0.2) is 17.4 Å². The van der Waals surface area contributed by atoms with E-state index >= 15 is 0 Å². The number of carbonyl (C=O) groups is 2. The predicted octanol–water partition coefficient (Wildman–Crippen LogP) is 2.98. The Labute approximate surface area is 134 Å². The Morgan fingerprint density at radius 2 is 1.87 bits per heavy atom. The quantitative estimate of drug-likeness (QED) is 0.856. The zero-order chi connectivity index (χ0) is 16.4. The Balaban J connectivity index is 1.81. The van der Waals surface area contributed by atoms with Gasteiger partial charge in [0, 0.05) is 5.69 Å². The minimum Gasteiger partial charge on any atom is -0.466 e. The molecule has 2 N–H and O–H groups in total. The van der Waals surface area contributed by atoms with Gasteiger partial charge in [-0.2, -0.15) is 0 Å². The summed E-state index contributed by atoms with van der Waals surface area (Å²) in [5, 5.41) is 5.45. The molecule has 0 saturated carbocycles. The lowest BCUT2D eigenvalue weighted by Crippen LogP contribution is -2.56. The number of benzene rings is 2. The molecule has 1 heterocycles. The van der Waals surface area contributed by atoms with Crippen LogP contribution < -0.4 is 15.4 Å². The smallest absolute Gasteiger partial charge is 0.278 e. The number of nitrogens with one attached hydrogen (secondary N) is 2. The molecule has 2 aromatic rings.